The van der Waals surface area contributed by atoms with E-state index >= 15 is 0 Å². The monoisotopic (exact) mass is 398 g/mol. The van der Waals surface area contributed by atoms with Gasteiger partial charge in [-0.25, -0.2) is 0 Å². The number of hydrogen-bond acceptors (Lipinski definition) is 5. The lowest BCUT2D eigenvalue weighted by Crippen LogP contribution is -2.51. The van der Waals surface area contributed by atoms with Crippen LogP contribution in [0.5, 0.6) is 0 Å². The predicted molar refractivity (Wildman–Crippen MR) is 103 cm³/mol. The molecule has 0 atom stereocenters. The van der Waals surface area contributed by atoms with Crippen LogP contribution >= 0.6 is 35.8 Å². The number of hydrogen-bond donors (Lipinski definition) is 2. The maximum absolute atomic E-state index is 12.4. The van der Waals surface area contributed by atoms with Crippen LogP contribution in [-0.4, -0.2) is 28.2 Å². The second-order valence-electron chi connectivity index (χ2n) is 5.93. The molecule has 8 heteroatoms. The van der Waals surface area contributed by atoms with Gasteiger partial charge in [0.15, 0.2) is 5.69 Å². The van der Waals surface area contributed by atoms with Gasteiger partial charge >= 0.3 is 0 Å². The number of nitrogens with two attached hydrogens (primary N) is 1. The van der Waals surface area contributed by atoms with Crippen LogP contribution in [0.25, 0.3) is 0 Å². The van der Waals surface area contributed by atoms with Crippen molar-refractivity contribution in [2.75, 3.05) is 6.54 Å². The smallest absolute Gasteiger partial charge is 0.272 e. The molecular weight excluding hydrogens is 379 g/mol. The number of carbonyl (C=O) groups excluding carboxylic acids is 1. The largest absolute Gasteiger partial charge is 0.344 e. The van der Waals surface area contributed by atoms with Crippen molar-refractivity contribution in [1.29, 1.82) is 0 Å². The Kier molecular flexibility index (Phi) is 7.07. The van der Waals surface area contributed by atoms with Crippen LogP contribution in [0.15, 0.2) is 46.3 Å². The van der Waals surface area contributed by atoms with Gasteiger partial charge in [-0.15, -0.1) is 22.6 Å². The predicted octanol–water partition coefficient (Wildman–Crippen LogP) is 3.70. The van der Waals surface area contributed by atoms with Crippen molar-refractivity contribution < 1.29 is 4.79 Å². The number of halogens is 2. The molecule has 1 amide bonds. The van der Waals surface area contributed by atoms with Crippen LogP contribution in [0.4, 0.5) is 0 Å². The van der Waals surface area contributed by atoms with Gasteiger partial charge in [-0.3, -0.25) is 4.79 Å². The first kappa shape index (κ1) is 20.0. The Morgan fingerprint density at radius 2 is 1.92 bits per heavy atom. The molecule has 0 spiro atoms. The highest BCUT2D eigenvalue weighted by molar-refractivity contribution is 7.99. The van der Waals surface area contributed by atoms with E-state index in [4.69, 9.17) is 17.3 Å². The zero-order valence-corrected chi connectivity index (χ0v) is 16.0. The van der Waals surface area contributed by atoms with Crippen LogP contribution in [-0.2, 0) is 0 Å². The van der Waals surface area contributed by atoms with E-state index in [9.17, 15) is 4.79 Å². The number of carbonyl (C=O) groups is 1. The summed E-state index contributed by atoms with van der Waals surface area (Å²) in [4.78, 5) is 13.3. The molecule has 1 aliphatic carbocycles. The van der Waals surface area contributed by atoms with Gasteiger partial charge < -0.3 is 11.1 Å². The molecule has 0 aliphatic heterocycles. The molecule has 3 N–H and O–H groups in total. The Labute approximate surface area is 162 Å². The van der Waals surface area contributed by atoms with Gasteiger partial charge in [0.25, 0.3) is 5.91 Å². The molecule has 1 aromatic heterocycles. The van der Waals surface area contributed by atoms with E-state index in [-0.39, 0.29) is 23.9 Å². The van der Waals surface area contributed by atoms with Gasteiger partial charge in [-0.05, 0) is 37.1 Å². The first-order valence-electron chi connectivity index (χ1n) is 7.91. The lowest BCUT2D eigenvalue weighted by molar-refractivity contribution is 0.0896. The van der Waals surface area contributed by atoms with Crippen LogP contribution in [0.2, 0.25) is 5.02 Å². The Hall–Kier alpha value is -1.34. The average molecular weight is 399 g/mol. The molecule has 25 heavy (non-hydrogen) atoms. The van der Waals surface area contributed by atoms with Crippen molar-refractivity contribution >= 4 is 41.7 Å². The lowest BCUT2D eigenvalue weighted by atomic mass is 9.97. The van der Waals surface area contributed by atoms with Crippen molar-refractivity contribution in [3.63, 3.8) is 0 Å². The third-order valence-electron chi connectivity index (χ3n) is 4.25. The summed E-state index contributed by atoms with van der Waals surface area (Å²) in [6.07, 6.45) is 4.03. The van der Waals surface area contributed by atoms with E-state index in [2.05, 4.69) is 15.5 Å². The number of amides is 1. The molecule has 1 aromatic carbocycles. The quantitative estimate of drug-likeness (QED) is 0.801. The van der Waals surface area contributed by atoms with Gasteiger partial charge in [0.05, 0.1) is 10.6 Å². The summed E-state index contributed by atoms with van der Waals surface area (Å²) >= 11 is 7.55. The normalized spacial score (nSPS) is 15.4. The highest BCUT2D eigenvalue weighted by atomic mass is 35.5. The second kappa shape index (κ2) is 8.85. The van der Waals surface area contributed by atoms with Gasteiger partial charge in [0, 0.05) is 11.4 Å². The summed E-state index contributed by atoms with van der Waals surface area (Å²) < 4.78 is 0. The molecular formula is C17H20Cl2N4OS. The van der Waals surface area contributed by atoms with Crippen molar-refractivity contribution in [1.82, 2.24) is 15.5 Å². The maximum Gasteiger partial charge on any atom is 0.272 e. The zero-order valence-electron chi connectivity index (χ0n) is 13.6. The number of nitrogens with one attached hydrogen (secondary N) is 1. The summed E-state index contributed by atoms with van der Waals surface area (Å²) in [5.41, 5.74) is 5.87. The molecule has 0 radical (unpaired) electrons. The number of aromatic nitrogens is 2. The van der Waals surface area contributed by atoms with E-state index in [0.717, 1.165) is 30.6 Å². The molecule has 2 aromatic rings. The molecule has 1 fully saturated rings. The minimum absolute atomic E-state index is 0. The van der Waals surface area contributed by atoms with E-state index in [1.54, 1.807) is 12.1 Å². The molecule has 0 saturated heterocycles. The molecule has 5 nitrogen and oxygen atoms in total. The van der Waals surface area contributed by atoms with Crippen LogP contribution in [0, 0.1) is 0 Å². The van der Waals surface area contributed by atoms with Gasteiger partial charge in [0.2, 0.25) is 0 Å². The highest BCUT2D eigenvalue weighted by Gasteiger charge is 2.34. The van der Waals surface area contributed by atoms with E-state index < -0.39 is 0 Å². The Morgan fingerprint density at radius 1 is 1.20 bits per heavy atom. The third-order valence-corrected chi connectivity index (χ3v) is 5.70. The molecule has 0 unspecified atom stereocenters. The fourth-order valence-corrected chi connectivity index (χ4v) is 3.88. The number of rotatable bonds is 5. The number of benzene rings is 1. The summed E-state index contributed by atoms with van der Waals surface area (Å²) in [6.45, 7) is 0.451. The van der Waals surface area contributed by atoms with Crippen LogP contribution in [0.3, 0.4) is 0 Å². The first-order chi connectivity index (χ1) is 11.6. The fourth-order valence-electron chi connectivity index (χ4n) is 2.87. The lowest BCUT2D eigenvalue weighted by Gasteiger charge is -2.28. The summed E-state index contributed by atoms with van der Waals surface area (Å²) in [5, 5.41) is 12.6. The number of nitrogens with zero attached hydrogens (tertiary/aromatic N) is 2. The summed E-state index contributed by atoms with van der Waals surface area (Å²) in [7, 11) is 0. The molecule has 134 valence electrons. The van der Waals surface area contributed by atoms with E-state index in [1.807, 2.05) is 24.3 Å². The minimum Gasteiger partial charge on any atom is -0.344 e. The summed E-state index contributed by atoms with van der Waals surface area (Å²) in [5.74, 6) is -0.218. The van der Waals surface area contributed by atoms with Gasteiger partial charge in [-0.2, -0.15) is 0 Å². The minimum atomic E-state index is -0.288. The van der Waals surface area contributed by atoms with Crippen molar-refractivity contribution in [2.24, 2.45) is 5.73 Å². The SMILES string of the molecule is Cl.NCC1(NC(=O)c2ccc(Sc3ccccc3Cl)nn2)CCCC1. The molecule has 3 rings (SSSR count). The van der Waals surface area contributed by atoms with Gasteiger partial charge in [-0.1, -0.05) is 48.3 Å². The van der Waals surface area contributed by atoms with Crippen molar-refractivity contribution in [3.8, 4) is 0 Å². The molecule has 0 bridgehead atoms. The third kappa shape index (κ3) is 4.85. The van der Waals surface area contributed by atoms with E-state index in [0.29, 0.717) is 22.3 Å². The van der Waals surface area contributed by atoms with Crippen LogP contribution in [0.1, 0.15) is 36.2 Å². The zero-order chi connectivity index (χ0) is 17.0. The Balaban J connectivity index is 0.00000225. The van der Waals surface area contributed by atoms with Crippen molar-refractivity contribution in [2.45, 2.75) is 41.1 Å². The average Bonchev–Trinajstić information content (AvgIpc) is 3.06. The van der Waals surface area contributed by atoms with Gasteiger partial charge in [0.1, 0.15) is 5.03 Å². The Morgan fingerprint density at radius 3 is 2.52 bits per heavy atom. The van der Waals surface area contributed by atoms with Crippen molar-refractivity contribution in [3.05, 3.63) is 47.1 Å². The Bertz CT molecular complexity index is 721. The molecule has 1 heterocycles. The second-order valence-corrected chi connectivity index (χ2v) is 7.40. The van der Waals surface area contributed by atoms with E-state index in [1.165, 1.54) is 11.8 Å². The van der Waals surface area contributed by atoms with Crippen LogP contribution < -0.4 is 11.1 Å². The maximum atomic E-state index is 12.4. The molecule has 1 aliphatic rings. The summed E-state index contributed by atoms with van der Waals surface area (Å²) in [6, 6.07) is 11.0. The highest BCUT2D eigenvalue weighted by Crippen LogP contribution is 2.32. The molecule has 1 saturated carbocycles. The topological polar surface area (TPSA) is 80.9 Å². The fraction of sp³-hybridized carbons (Fsp3) is 0.353. The first-order valence-corrected chi connectivity index (χ1v) is 9.10. The standard InChI is InChI=1S/C17H19ClN4OS.ClH/c18-12-5-1-2-6-14(12)24-15-8-7-13(21-22-15)16(23)20-17(11-19)9-3-4-10-17;/h1-2,5-8H,3-4,9-11,19H2,(H,20,23);1H.